The van der Waals surface area contributed by atoms with Gasteiger partial charge in [0, 0.05) is 13.3 Å². The molecule has 13 heavy (non-hydrogen) atoms. The van der Waals surface area contributed by atoms with Crippen molar-refractivity contribution in [1.82, 2.24) is 0 Å². The Morgan fingerprint density at radius 1 is 1.31 bits per heavy atom. The predicted octanol–water partition coefficient (Wildman–Crippen LogP) is 0.00840. The molecule has 1 saturated heterocycles. The van der Waals surface area contributed by atoms with Crippen LogP contribution in [0.15, 0.2) is 0 Å². The molecule has 0 aromatic heterocycles. The molecule has 0 radical (unpaired) electrons. The van der Waals surface area contributed by atoms with Crippen molar-refractivity contribution in [3.63, 3.8) is 0 Å². The number of piperidine rings is 1. The Kier molecular flexibility index (Phi) is 4.83. The second kappa shape index (κ2) is 5.97. The lowest BCUT2D eigenvalue weighted by molar-refractivity contribution is -0.905. The monoisotopic (exact) mass is 186 g/mol. The van der Waals surface area contributed by atoms with Crippen LogP contribution in [0.3, 0.4) is 0 Å². The smallest absolute Gasteiger partial charge is 0.302 e. The number of ether oxygens (including phenoxy) is 1. The van der Waals surface area contributed by atoms with Crippen molar-refractivity contribution in [2.24, 2.45) is 0 Å². The highest BCUT2D eigenvalue weighted by molar-refractivity contribution is 5.65. The van der Waals surface area contributed by atoms with Gasteiger partial charge in [-0.15, -0.1) is 0 Å². The Morgan fingerprint density at radius 3 is 2.62 bits per heavy atom. The summed E-state index contributed by atoms with van der Waals surface area (Å²) in [5, 5.41) is 0. The van der Waals surface area contributed by atoms with Crippen LogP contribution in [0.25, 0.3) is 0 Å². The molecule has 0 saturated carbocycles. The van der Waals surface area contributed by atoms with E-state index in [-0.39, 0.29) is 5.97 Å². The number of esters is 1. The summed E-state index contributed by atoms with van der Waals surface area (Å²) in [6.07, 6.45) is 5.13. The second-order valence-corrected chi connectivity index (χ2v) is 3.75. The van der Waals surface area contributed by atoms with Crippen LogP contribution in [0.1, 0.15) is 32.6 Å². The number of quaternary nitrogens is 1. The van der Waals surface area contributed by atoms with Crippen molar-refractivity contribution in [2.45, 2.75) is 32.6 Å². The third-order valence-electron chi connectivity index (χ3n) is 2.54. The molecule has 1 aliphatic rings. The van der Waals surface area contributed by atoms with Gasteiger partial charge >= 0.3 is 5.97 Å². The van der Waals surface area contributed by atoms with Crippen LogP contribution in [0.5, 0.6) is 0 Å². The third kappa shape index (κ3) is 4.88. The summed E-state index contributed by atoms with van der Waals surface area (Å²) in [6, 6.07) is 0. The van der Waals surface area contributed by atoms with Crippen LogP contribution >= 0.6 is 0 Å². The Labute approximate surface area is 80.1 Å². The summed E-state index contributed by atoms with van der Waals surface area (Å²) in [4.78, 5) is 12.1. The molecule has 0 amide bonds. The number of hydrogen-bond donors (Lipinski definition) is 1. The maximum Gasteiger partial charge on any atom is 0.302 e. The van der Waals surface area contributed by atoms with Crippen molar-refractivity contribution in [3.05, 3.63) is 0 Å². The molecule has 3 heteroatoms. The summed E-state index contributed by atoms with van der Waals surface area (Å²) in [5.74, 6) is -0.159. The maximum atomic E-state index is 10.5. The molecule has 3 nitrogen and oxygen atoms in total. The number of carbonyl (C=O) groups excluding carboxylic acids is 1. The van der Waals surface area contributed by atoms with Gasteiger partial charge in [-0.3, -0.25) is 4.79 Å². The topological polar surface area (TPSA) is 30.7 Å². The highest BCUT2D eigenvalue weighted by Gasteiger charge is 2.12. The van der Waals surface area contributed by atoms with Gasteiger partial charge in [0.15, 0.2) is 0 Å². The van der Waals surface area contributed by atoms with Crippen molar-refractivity contribution < 1.29 is 14.4 Å². The molecule has 0 spiro atoms. The van der Waals surface area contributed by atoms with E-state index in [4.69, 9.17) is 4.74 Å². The number of likely N-dealkylation sites (tertiary alicyclic amines) is 1. The second-order valence-electron chi connectivity index (χ2n) is 3.75. The number of hydrogen-bond acceptors (Lipinski definition) is 2. The molecule has 0 atom stereocenters. The van der Waals surface area contributed by atoms with E-state index in [0.29, 0.717) is 6.61 Å². The SMILES string of the molecule is CC(=O)OCCC[NH+]1CCCCC1. The first-order valence-corrected chi connectivity index (χ1v) is 5.26. The van der Waals surface area contributed by atoms with Crippen molar-refractivity contribution in [2.75, 3.05) is 26.2 Å². The molecule has 0 aliphatic carbocycles. The van der Waals surface area contributed by atoms with Gasteiger partial charge < -0.3 is 9.64 Å². The van der Waals surface area contributed by atoms with Crippen LogP contribution < -0.4 is 4.90 Å². The molecular weight excluding hydrogens is 166 g/mol. The van der Waals surface area contributed by atoms with Crippen molar-refractivity contribution in [1.29, 1.82) is 0 Å². The summed E-state index contributed by atoms with van der Waals surface area (Å²) in [7, 11) is 0. The van der Waals surface area contributed by atoms with Crippen LogP contribution in [0, 0.1) is 0 Å². The lowest BCUT2D eigenvalue weighted by Crippen LogP contribution is -3.12. The Bertz CT molecular complexity index is 153. The van der Waals surface area contributed by atoms with Crippen molar-refractivity contribution >= 4 is 5.97 Å². The number of rotatable bonds is 4. The van der Waals surface area contributed by atoms with Gasteiger partial charge in [0.2, 0.25) is 0 Å². The largest absolute Gasteiger partial charge is 0.466 e. The van der Waals surface area contributed by atoms with E-state index in [1.807, 2.05) is 0 Å². The van der Waals surface area contributed by atoms with E-state index in [2.05, 4.69) is 0 Å². The van der Waals surface area contributed by atoms with Crippen molar-refractivity contribution in [3.8, 4) is 0 Å². The van der Waals surface area contributed by atoms with Gasteiger partial charge in [-0.05, 0) is 19.3 Å². The maximum absolute atomic E-state index is 10.5. The number of nitrogens with one attached hydrogen (secondary N) is 1. The van der Waals surface area contributed by atoms with Gasteiger partial charge in [0.05, 0.1) is 26.2 Å². The van der Waals surface area contributed by atoms with Crippen LogP contribution in [0.2, 0.25) is 0 Å². The van der Waals surface area contributed by atoms with Crippen LogP contribution in [-0.2, 0) is 9.53 Å². The molecular formula is C10H20NO2+. The average Bonchev–Trinajstić information content (AvgIpc) is 2.14. The van der Waals surface area contributed by atoms with Crippen LogP contribution in [-0.4, -0.2) is 32.2 Å². The highest BCUT2D eigenvalue weighted by atomic mass is 16.5. The highest BCUT2D eigenvalue weighted by Crippen LogP contribution is 1.94. The molecule has 76 valence electrons. The molecule has 0 bridgehead atoms. The summed E-state index contributed by atoms with van der Waals surface area (Å²) in [5.41, 5.74) is 0. The van der Waals surface area contributed by atoms with E-state index < -0.39 is 0 Å². The zero-order valence-electron chi connectivity index (χ0n) is 8.47. The Balaban J connectivity index is 1.95. The van der Waals surface area contributed by atoms with Gasteiger partial charge in [-0.25, -0.2) is 0 Å². The molecule has 0 aromatic carbocycles. The first-order valence-electron chi connectivity index (χ1n) is 5.26. The molecule has 1 heterocycles. The van der Waals surface area contributed by atoms with E-state index in [1.165, 1.54) is 39.3 Å². The van der Waals surface area contributed by atoms with Gasteiger partial charge in [0.1, 0.15) is 0 Å². The van der Waals surface area contributed by atoms with E-state index in [9.17, 15) is 4.79 Å². The third-order valence-corrected chi connectivity index (χ3v) is 2.54. The minimum absolute atomic E-state index is 0.159. The average molecular weight is 186 g/mol. The minimum atomic E-state index is -0.159. The van der Waals surface area contributed by atoms with Gasteiger partial charge in [-0.1, -0.05) is 0 Å². The molecule has 1 N–H and O–H groups in total. The Hall–Kier alpha value is -0.570. The lowest BCUT2D eigenvalue weighted by Gasteiger charge is -2.23. The standard InChI is InChI=1S/C10H19NO2/c1-10(12)13-9-5-8-11-6-3-2-4-7-11/h2-9H2,1H3/p+1. The molecule has 1 fully saturated rings. The predicted molar refractivity (Wildman–Crippen MR) is 50.7 cm³/mol. The lowest BCUT2D eigenvalue weighted by atomic mass is 10.1. The van der Waals surface area contributed by atoms with Gasteiger partial charge in [0.25, 0.3) is 0 Å². The minimum Gasteiger partial charge on any atom is -0.466 e. The fraction of sp³-hybridized carbons (Fsp3) is 0.900. The summed E-state index contributed by atoms with van der Waals surface area (Å²) >= 11 is 0. The first-order chi connectivity index (χ1) is 6.29. The molecule has 1 aliphatic heterocycles. The van der Waals surface area contributed by atoms with Gasteiger partial charge in [-0.2, -0.15) is 0 Å². The van der Waals surface area contributed by atoms with E-state index >= 15 is 0 Å². The summed E-state index contributed by atoms with van der Waals surface area (Å²) in [6.45, 7) is 5.83. The normalized spacial score (nSPS) is 18.5. The van der Waals surface area contributed by atoms with Crippen LogP contribution in [0.4, 0.5) is 0 Å². The Morgan fingerprint density at radius 2 is 2.00 bits per heavy atom. The zero-order valence-corrected chi connectivity index (χ0v) is 8.47. The number of carbonyl (C=O) groups is 1. The molecule has 0 aromatic rings. The fourth-order valence-electron chi connectivity index (χ4n) is 1.84. The summed E-state index contributed by atoms with van der Waals surface area (Å²) < 4.78 is 4.88. The molecule has 1 rings (SSSR count). The van der Waals surface area contributed by atoms with E-state index in [1.54, 1.807) is 4.90 Å². The fourth-order valence-corrected chi connectivity index (χ4v) is 1.84. The first kappa shape index (κ1) is 10.5. The quantitative estimate of drug-likeness (QED) is 0.495. The zero-order chi connectivity index (χ0) is 9.52. The molecule has 0 unspecified atom stereocenters. The van der Waals surface area contributed by atoms with E-state index in [0.717, 1.165) is 13.0 Å².